The monoisotopic (exact) mass is 960 g/mol. The normalized spacial score (nSPS) is 20.3. The Labute approximate surface area is 419 Å². The number of amides is 1. The smallest absolute Gasteiger partial charge is 0.726 e. The Bertz CT molecular complexity index is 1170. The van der Waals surface area contributed by atoms with Crippen molar-refractivity contribution in [3.8, 4) is 0 Å². The first kappa shape index (κ1) is 65.1. The molecular weight excluding hydrogens is 862 g/mol. The van der Waals surface area contributed by atoms with Crippen LogP contribution in [0, 0.1) is 0 Å². The number of unbranched alkanes of at least 4 members (excludes halogenated alkanes) is 33. The standard InChI is InChI=1S/C50H99NO12S.Na/c1-3-5-7-9-11-13-15-17-18-19-20-21-22-23-24-25-26-27-29-31-33-35-37-39-45(54)51-42(41-61-50-48(57)49(63-64(58,59)60)47(56)44(40-52)62-50)46(55)43(53)38-36-34-32-30-28-16-14-12-10-8-6-4-2;/h42-44,46-50,52-53,55-57H,3-41H2,1-2H3,(H,51,54)(H,58,59,60);/q;+1/p-1/t42-,43+,44+,46-,47-,48+,49-,50-;/m0./s1. The number of hydrogen-bond donors (Lipinski definition) is 6. The third-order valence-corrected chi connectivity index (χ3v) is 13.5. The van der Waals surface area contributed by atoms with Crippen LogP contribution >= 0.6 is 0 Å². The predicted octanol–water partition coefficient (Wildman–Crippen LogP) is 6.97. The van der Waals surface area contributed by atoms with Crippen molar-refractivity contribution in [3.05, 3.63) is 0 Å². The summed E-state index contributed by atoms with van der Waals surface area (Å²) in [5.74, 6) is -0.346. The van der Waals surface area contributed by atoms with Crippen molar-refractivity contribution in [3.63, 3.8) is 0 Å². The third kappa shape index (κ3) is 35.8. The van der Waals surface area contributed by atoms with E-state index in [-0.39, 0.29) is 41.9 Å². The maximum absolute atomic E-state index is 13.1. The van der Waals surface area contributed by atoms with Gasteiger partial charge in [-0.3, -0.25) is 8.98 Å². The van der Waals surface area contributed by atoms with Crippen molar-refractivity contribution in [2.75, 3.05) is 13.2 Å². The molecule has 0 spiro atoms. The molecule has 0 aromatic carbocycles. The van der Waals surface area contributed by atoms with Gasteiger partial charge in [0, 0.05) is 6.42 Å². The Balaban J connectivity index is 0.0000410. The summed E-state index contributed by atoms with van der Waals surface area (Å²) < 4.78 is 49.4. The van der Waals surface area contributed by atoms with Crippen LogP contribution in [0.4, 0.5) is 0 Å². The number of rotatable bonds is 46. The quantitative estimate of drug-likeness (QED) is 0.0158. The molecule has 0 aromatic rings. The van der Waals surface area contributed by atoms with Gasteiger partial charge in [0.15, 0.2) is 6.29 Å². The van der Waals surface area contributed by atoms with Crippen LogP contribution in [0.1, 0.15) is 251 Å². The van der Waals surface area contributed by atoms with Crippen molar-refractivity contribution >= 4 is 16.3 Å². The molecule has 0 saturated carbocycles. The Morgan fingerprint density at radius 3 is 1.31 bits per heavy atom. The number of ether oxygens (including phenoxy) is 2. The van der Waals surface area contributed by atoms with Crippen LogP contribution in [0.3, 0.4) is 0 Å². The fourth-order valence-electron chi connectivity index (χ4n) is 8.85. The maximum atomic E-state index is 13.1. The molecule has 1 fully saturated rings. The second-order valence-corrected chi connectivity index (χ2v) is 20.0. The van der Waals surface area contributed by atoms with E-state index >= 15 is 0 Å². The molecule has 1 heterocycles. The molecule has 1 rings (SSSR count). The average Bonchev–Trinajstić information content (AvgIpc) is 3.27. The molecule has 0 aromatic heterocycles. The van der Waals surface area contributed by atoms with E-state index < -0.39 is 72.6 Å². The fourth-order valence-corrected chi connectivity index (χ4v) is 9.35. The Hall–Kier alpha value is 0.0600. The van der Waals surface area contributed by atoms with Gasteiger partial charge in [-0.25, -0.2) is 8.42 Å². The minimum atomic E-state index is -5.36. The van der Waals surface area contributed by atoms with E-state index in [2.05, 4.69) is 23.3 Å². The Morgan fingerprint density at radius 1 is 0.600 bits per heavy atom. The number of carbonyl (C=O) groups excluding carboxylic acids is 1. The van der Waals surface area contributed by atoms with Crippen LogP contribution in [-0.4, -0.2) is 107 Å². The zero-order valence-corrected chi connectivity index (χ0v) is 44.5. The first-order chi connectivity index (χ1) is 30.9. The summed E-state index contributed by atoms with van der Waals surface area (Å²) in [5.41, 5.74) is 0. The van der Waals surface area contributed by atoms with Gasteiger partial charge in [-0.15, -0.1) is 0 Å². The molecule has 8 atom stereocenters. The zero-order chi connectivity index (χ0) is 47.1. The van der Waals surface area contributed by atoms with Crippen molar-refractivity contribution < 1.29 is 86.5 Å². The first-order valence-electron chi connectivity index (χ1n) is 26.5. The second-order valence-electron chi connectivity index (χ2n) is 18.9. The summed E-state index contributed by atoms with van der Waals surface area (Å²) in [6, 6.07) is -1.14. The molecule has 1 saturated heterocycles. The number of aliphatic hydroxyl groups is 5. The molecule has 382 valence electrons. The van der Waals surface area contributed by atoms with Crippen LogP contribution in [0.5, 0.6) is 0 Å². The van der Waals surface area contributed by atoms with Crippen molar-refractivity contribution in [1.82, 2.24) is 5.32 Å². The molecule has 1 amide bonds. The minimum Gasteiger partial charge on any atom is -0.726 e. The summed E-state index contributed by atoms with van der Waals surface area (Å²) in [4.78, 5) is 13.1. The number of carbonyl (C=O) groups is 1. The van der Waals surface area contributed by atoms with Gasteiger partial charge in [0.05, 0.1) is 25.4 Å². The predicted molar refractivity (Wildman–Crippen MR) is 254 cm³/mol. The van der Waals surface area contributed by atoms with Gasteiger partial charge in [0.2, 0.25) is 16.3 Å². The molecule has 0 radical (unpaired) electrons. The van der Waals surface area contributed by atoms with Crippen LogP contribution in [0.25, 0.3) is 0 Å². The summed E-state index contributed by atoms with van der Waals surface area (Å²) >= 11 is 0. The number of aliphatic hydroxyl groups excluding tert-OH is 5. The first-order valence-corrected chi connectivity index (χ1v) is 27.8. The van der Waals surface area contributed by atoms with E-state index in [1.165, 1.54) is 173 Å². The number of hydrogen-bond acceptors (Lipinski definition) is 12. The molecule has 15 heteroatoms. The third-order valence-electron chi connectivity index (χ3n) is 13.0. The molecule has 1 aliphatic rings. The summed E-state index contributed by atoms with van der Waals surface area (Å²) in [6.45, 7) is 3.21. The van der Waals surface area contributed by atoms with Crippen LogP contribution in [0.2, 0.25) is 0 Å². The van der Waals surface area contributed by atoms with E-state index in [0.29, 0.717) is 19.3 Å². The van der Waals surface area contributed by atoms with Gasteiger partial charge in [0.1, 0.15) is 30.5 Å². The van der Waals surface area contributed by atoms with Crippen molar-refractivity contribution in [1.29, 1.82) is 0 Å². The van der Waals surface area contributed by atoms with Gasteiger partial charge < -0.3 is 44.9 Å². The Morgan fingerprint density at radius 2 is 0.954 bits per heavy atom. The summed E-state index contributed by atoms with van der Waals surface area (Å²) in [6.07, 6.45) is 32.2. The summed E-state index contributed by atoms with van der Waals surface area (Å²) in [7, 11) is -5.36. The maximum Gasteiger partial charge on any atom is 1.00 e. The molecule has 0 bridgehead atoms. The van der Waals surface area contributed by atoms with E-state index in [1.54, 1.807) is 0 Å². The average molecular weight is 960 g/mol. The molecule has 1 aliphatic heterocycles. The molecule has 6 N–H and O–H groups in total. The van der Waals surface area contributed by atoms with Gasteiger partial charge >= 0.3 is 29.6 Å². The minimum absolute atomic E-state index is 0. The molecular formula is C50H98NNaO12S. The molecule has 0 unspecified atom stereocenters. The zero-order valence-electron chi connectivity index (χ0n) is 41.7. The van der Waals surface area contributed by atoms with E-state index in [1.807, 2.05) is 0 Å². The Kier molecular flexibility index (Phi) is 44.1. The van der Waals surface area contributed by atoms with Gasteiger partial charge in [-0.05, 0) is 12.8 Å². The molecule has 13 nitrogen and oxygen atoms in total. The second kappa shape index (κ2) is 44.0. The van der Waals surface area contributed by atoms with E-state index in [4.69, 9.17) is 9.47 Å². The van der Waals surface area contributed by atoms with E-state index in [0.717, 1.165) is 38.5 Å². The largest absolute Gasteiger partial charge is 1.00 e. The topological polar surface area (TPSA) is 215 Å². The molecule has 65 heavy (non-hydrogen) atoms. The van der Waals surface area contributed by atoms with Crippen molar-refractivity contribution in [2.45, 2.75) is 300 Å². The van der Waals surface area contributed by atoms with Gasteiger partial charge in [-0.2, -0.15) is 0 Å². The fraction of sp³-hybridized carbons (Fsp3) is 0.980. The molecule has 0 aliphatic carbocycles. The van der Waals surface area contributed by atoms with Crippen LogP contribution < -0.4 is 34.9 Å². The SMILES string of the molecule is CCCCCCCCCCCCCCCCCCCCCCCCCC(=O)N[C@@H](CO[C@H]1O[C@H](CO)[C@H](O)[C@H](OS(=O)(=O)[O-])[C@H]1O)[C@H](O)[C@H](O)CCCCCCCCCCCCCC.[Na+]. The summed E-state index contributed by atoms with van der Waals surface area (Å²) in [5, 5.41) is 55.7. The van der Waals surface area contributed by atoms with Crippen LogP contribution in [-0.2, 0) is 28.9 Å². The van der Waals surface area contributed by atoms with Crippen molar-refractivity contribution in [2.24, 2.45) is 0 Å². The van der Waals surface area contributed by atoms with Gasteiger partial charge in [-0.1, -0.05) is 232 Å². The van der Waals surface area contributed by atoms with Gasteiger partial charge in [0.25, 0.3) is 0 Å². The van der Waals surface area contributed by atoms with Crippen LogP contribution in [0.15, 0.2) is 0 Å². The number of nitrogens with one attached hydrogen (secondary N) is 1. The van der Waals surface area contributed by atoms with E-state index in [9.17, 15) is 43.3 Å².